The molecule has 1 saturated carbocycles. The normalized spacial score (nSPS) is 19.0. The van der Waals surface area contributed by atoms with Gasteiger partial charge < -0.3 is 5.11 Å². The average molecular weight is 327 g/mol. The third kappa shape index (κ3) is 3.57. The molecule has 1 aromatic rings. The van der Waals surface area contributed by atoms with Gasteiger partial charge in [-0.3, -0.25) is 4.79 Å². The maximum atomic E-state index is 11.8. The van der Waals surface area contributed by atoms with Crippen LogP contribution in [-0.4, -0.2) is 15.8 Å². The maximum Gasteiger partial charge on any atom is 0.320 e. The Morgan fingerprint density at radius 3 is 2.38 bits per heavy atom. The molecule has 0 amide bonds. The molecule has 1 aromatic carbocycles. The third-order valence-electron chi connectivity index (χ3n) is 4.38. The second-order valence-electron chi connectivity index (χ2n) is 6.21. The molecular formula is C17H23ClO2S. The van der Waals surface area contributed by atoms with Crippen molar-refractivity contribution >= 4 is 29.3 Å². The van der Waals surface area contributed by atoms with Crippen molar-refractivity contribution in [1.82, 2.24) is 0 Å². The highest BCUT2D eigenvalue weighted by Gasteiger charge is 2.58. The number of carboxylic acid groups (broad SMARTS) is 1. The number of halogens is 1. The molecule has 2 nitrogen and oxygen atoms in total. The van der Waals surface area contributed by atoms with E-state index >= 15 is 0 Å². The van der Waals surface area contributed by atoms with Gasteiger partial charge in [0, 0.05) is 9.92 Å². The molecule has 1 fully saturated rings. The molecule has 1 aliphatic carbocycles. The van der Waals surface area contributed by atoms with Crippen LogP contribution in [0.1, 0.15) is 52.4 Å². The highest BCUT2D eigenvalue weighted by molar-refractivity contribution is 8.01. The Bertz CT molecular complexity index is 501. The molecule has 2 rings (SSSR count). The van der Waals surface area contributed by atoms with Crippen molar-refractivity contribution in [2.45, 2.75) is 62.0 Å². The maximum absolute atomic E-state index is 11.8. The minimum Gasteiger partial charge on any atom is -0.480 e. The molecule has 0 aromatic heterocycles. The summed E-state index contributed by atoms with van der Waals surface area (Å²) in [7, 11) is 0. The first-order valence-electron chi connectivity index (χ1n) is 7.63. The first-order chi connectivity index (χ1) is 9.95. The summed E-state index contributed by atoms with van der Waals surface area (Å²) in [6.07, 6.45) is 6.05. The number of aliphatic carboxylic acids is 1. The summed E-state index contributed by atoms with van der Waals surface area (Å²) < 4.78 is -0.672. The Balaban J connectivity index is 2.16. The summed E-state index contributed by atoms with van der Waals surface area (Å²) in [5.41, 5.74) is 0.230. The minimum absolute atomic E-state index is 0.230. The van der Waals surface area contributed by atoms with Crippen LogP contribution < -0.4 is 0 Å². The number of carboxylic acids is 1. The second-order valence-corrected chi connectivity index (χ2v) is 8.11. The van der Waals surface area contributed by atoms with E-state index in [4.69, 9.17) is 11.6 Å². The zero-order valence-corrected chi connectivity index (χ0v) is 14.3. The van der Waals surface area contributed by atoms with E-state index in [9.17, 15) is 9.90 Å². The number of thioether (sulfide) groups is 1. The van der Waals surface area contributed by atoms with E-state index in [1.165, 1.54) is 11.8 Å². The van der Waals surface area contributed by atoms with Crippen LogP contribution in [0, 0.1) is 5.41 Å². The first kappa shape index (κ1) is 16.7. The van der Waals surface area contributed by atoms with Crippen molar-refractivity contribution in [3.63, 3.8) is 0 Å². The van der Waals surface area contributed by atoms with Crippen LogP contribution in [0.3, 0.4) is 0 Å². The fraction of sp³-hybridized carbons (Fsp3) is 0.588. The van der Waals surface area contributed by atoms with E-state index < -0.39 is 10.7 Å². The molecule has 0 unspecified atom stereocenters. The summed E-state index contributed by atoms with van der Waals surface area (Å²) >= 11 is 7.48. The van der Waals surface area contributed by atoms with Gasteiger partial charge >= 0.3 is 5.97 Å². The van der Waals surface area contributed by atoms with Gasteiger partial charge in [0.15, 0.2) is 0 Å². The molecule has 0 spiro atoms. The van der Waals surface area contributed by atoms with Crippen LogP contribution in [0.15, 0.2) is 29.2 Å². The molecule has 1 aliphatic rings. The van der Waals surface area contributed by atoms with E-state index in [2.05, 4.69) is 13.8 Å². The van der Waals surface area contributed by atoms with E-state index in [0.717, 1.165) is 43.4 Å². The smallest absolute Gasteiger partial charge is 0.320 e. The quantitative estimate of drug-likeness (QED) is 0.705. The predicted octanol–water partition coefficient (Wildman–Crippen LogP) is 5.64. The molecule has 1 N–H and O–H groups in total. The topological polar surface area (TPSA) is 37.3 Å². The Labute approximate surface area is 136 Å². The van der Waals surface area contributed by atoms with Gasteiger partial charge in [0.2, 0.25) is 0 Å². The van der Waals surface area contributed by atoms with E-state index in [0.29, 0.717) is 5.02 Å². The lowest BCUT2D eigenvalue weighted by atomic mass is 9.57. The fourth-order valence-electron chi connectivity index (χ4n) is 3.72. The van der Waals surface area contributed by atoms with Crippen LogP contribution >= 0.6 is 23.4 Å². The highest BCUT2D eigenvalue weighted by atomic mass is 35.5. The lowest BCUT2D eigenvalue weighted by Gasteiger charge is -2.54. The largest absolute Gasteiger partial charge is 0.480 e. The first-order valence-corrected chi connectivity index (χ1v) is 8.83. The second kappa shape index (κ2) is 6.62. The van der Waals surface area contributed by atoms with Crippen molar-refractivity contribution in [2.24, 2.45) is 5.41 Å². The minimum atomic E-state index is -0.685. The summed E-state index contributed by atoms with van der Waals surface area (Å²) in [5, 5.41) is 10.4. The molecule has 0 aliphatic heterocycles. The van der Waals surface area contributed by atoms with Crippen molar-refractivity contribution < 1.29 is 9.90 Å². The number of hydrogen-bond donors (Lipinski definition) is 1. The Morgan fingerprint density at radius 2 is 1.90 bits per heavy atom. The molecule has 0 atom stereocenters. The standard InChI is InChI=1S/C17H23ClO2S/c1-3-8-16(9-4-2)11-17(12-16,15(19)20)21-14-7-5-6-13(18)10-14/h5-7,10H,3-4,8-9,11-12H2,1-2H3,(H,19,20). The van der Waals surface area contributed by atoms with Gasteiger partial charge in [-0.1, -0.05) is 44.4 Å². The van der Waals surface area contributed by atoms with Crippen LogP contribution in [0.2, 0.25) is 5.02 Å². The van der Waals surface area contributed by atoms with Gasteiger partial charge in [-0.25, -0.2) is 0 Å². The van der Waals surface area contributed by atoms with Crippen LogP contribution in [0.25, 0.3) is 0 Å². The summed E-state index contributed by atoms with van der Waals surface area (Å²) in [6, 6.07) is 7.50. The number of benzene rings is 1. The predicted molar refractivity (Wildman–Crippen MR) is 89.2 cm³/mol. The molecule has 116 valence electrons. The van der Waals surface area contributed by atoms with Crippen molar-refractivity contribution in [3.05, 3.63) is 29.3 Å². The van der Waals surface area contributed by atoms with Crippen LogP contribution in [0.5, 0.6) is 0 Å². The third-order valence-corrected chi connectivity index (χ3v) is 5.96. The Hall–Kier alpha value is -0.670. The van der Waals surface area contributed by atoms with Gasteiger partial charge in [0.05, 0.1) is 0 Å². The zero-order valence-electron chi connectivity index (χ0n) is 12.7. The summed E-state index contributed by atoms with van der Waals surface area (Å²) in [6.45, 7) is 4.37. The van der Waals surface area contributed by atoms with Crippen molar-refractivity contribution in [1.29, 1.82) is 0 Å². The lowest BCUT2D eigenvalue weighted by molar-refractivity contribution is -0.147. The van der Waals surface area contributed by atoms with Gasteiger partial charge in [-0.05, 0) is 49.3 Å². The highest BCUT2D eigenvalue weighted by Crippen LogP contribution is 2.61. The van der Waals surface area contributed by atoms with E-state index in [-0.39, 0.29) is 5.41 Å². The molecular weight excluding hydrogens is 304 g/mol. The average Bonchev–Trinajstić information content (AvgIpc) is 2.36. The monoisotopic (exact) mass is 326 g/mol. The van der Waals surface area contributed by atoms with Gasteiger partial charge in [-0.15, -0.1) is 11.8 Å². The van der Waals surface area contributed by atoms with Gasteiger partial charge in [0.1, 0.15) is 4.75 Å². The molecule has 0 heterocycles. The SMILES string of the molecule is CCCC1(CCC)CC(Sc2cccc(Cl)c2)(C(=O)O)C1. The summed E-state index contributed by atoms with van der Waals surface area (Å²) in [4.78, 5) is 12.8. The van der Waals surface area contributed by atoms with Crippen LogP contribution in [-0.2, 0) is 4.79 Å². The zero-order chi connectivity index (χ0) is 15.5. The Kier molecular flexibility index (Phi) is 5.26. The summed E-state index contributed by atoms with van der Waals surface area (Å²) in [5.74, 6) is -0.685. The van der Waals surface area contributed by atoms with Crippen LogP contribution in [0.4, 0.5) is 0 Å². The molecule has 4 heteroatoms. The number of carbonyl (C=O) groups is 1. The van der Waals surface area contributed by atoms with E-state index in [1.807, 2.05) is 24.3 Å². The molecule has 0 radical (unpaired) electrons. The Morgan fingerprint density at radius 1 is 1.29 bits per heavy atom. The van der Waals surface area contributed by atoms with E-state index in [1.54, 1.807) is 0 Å². The fourth-order valence-corrected chi connectivity index (χ4v) is 5.60. The van der Waals surface area contributed by atoms with Gasteiger partial charge in [0.25, 0.3) is 0 Å². The molecule has 21 heavy (non-hydrogen) atoms. The molecule has 0 bridgehead atoms. The lowest BCUT2D eigenvalue weighted by Crippen LogP contribution is -2.54. The van der Waals surface area contributed by atoms with Crippen molar-refractivity contribution in [3.8, 4) is 0 Å². The number of hydrogen-bond acceptors (Lipinski definition) is 2. The number of rotatable bonds is 7. The molecule has 0 saturated heterocycles. The van der Waals surface area contributed by atoms with Gasteiger partial charge in [-0.2, -0.15) is 0 Å². The van der Waals surface area contributed by atoms with Crippen molar-refractivity contribution in [2.75, 3.05) is 0 Å².